The van der Waals surface area contributed by atoms with Crippen LogP contribution >= 0.6 is 0 Å². The number of likely N-dealkylation sites (tertiary alicyclic amines) is 1. The van der Waals surface area contributed by atoms with Crippen LogP contribution in [0.4, 0.5) is 0 Å². The number of amides is 2. The van der Waals surface area contributed by atoms with Crippen LogP contribution in [0.2, 0.25) is 0 Å². The minimum absolute atomic E-state index is 0.0506. The van der Waals surface area contributed by atoms with Crippen LogP contribution in [0.1, 0.15) is 26.7 Å². The second-order valence-electron chi connectivity index (χ2n) is 6.48. The summed E-state index contributed by atoms with van der Waals surface area (Å²) in [6.07, 6.45) is 1.98. The van der Waals surface area contributed by atoms with Gasteiger partial charge in [-0.25, -0.2) is 0 Å². The maximum absolute atomic E-state index is 11.9. The van der Waals surface area contributed by atoms with Crippen molar-refractivity contribution in [3.05, 3.63) is 0 Å². The summed E-state index contributed by atoms with van der Waals surface area (Å²) < 4.78 is 10.8. The lowest BCUT2D eigenvalue weighted by Gasteiger charge is -2.53. The molecule has 0 aromatic heterocycles. The third-order valence-corrected chi connectivity index (χ3v) is 4.26. The van der Waals surface area contributed by atoms with Crippen molar-refractivity contribution in [2.75, 3.05) is 40.0 Å². The molecule has 0 saturated carbocycles. The Bertz CT molecular complexity index is 381. The van der Waals surface area contributed by atoms with Crippen molar-refractivity contribution in [1.29, 1.82) is 0 Å². The molecule has 1 N–H and O–H groups in total. The fraction of sp³-hybridized carbons (Fsp3) is 0.867. The molecule has 1 spiro atoms. The molecule has 2 rings (SSSR count). The van der Waals surface area contributed by atoms with Gasteiger partial charge in [0.1, 0.15) is 12.2 Å². The zero-order valence-corrected chi connectivity index (χ0v) is 13.2. The van der Waals surface area contributed by atoms with Crippen LogP contribution in [0.5, 0.6) is 0 Å². The summed E-state index contributed by atoms with van der Waals surface area (Å²) in [4.78, 5) is 25.1. The van der Waals surface area contributed by atoms with E-state index in [1.54, 1.807) is 0 Å². The summed E-state index contributed by atoms with van der Waals surface area (Å²) >= 11 is 0. The number of nitrogens with one attached hydrogen (secondary N) is 1. The summed E-state index contributed by atoms with van der Waals surface area (Å²) in [5.41, 5.74) is -0.127. The molecular weight excluding hydrogens is 272 g/mol. The number of nitrogens with zero attached hydrogens (tertiary/aromatic N) is 1. The molecule has 120 valence electrons. The number of rotatable bonds is 5. The molecule has 0 radical (unpaired) electrons. The van der Waals surface area contributed by atoms with Crippen molar-refractivity contribution in [2.45, 2.75) is 32.3 Å². The number of carbonyl (C=O) groups excluding carboxylic acids is 2. The number of ether oxygens (including phenoxy) is 2. The van der Waals surface area contributed by atoms with E-state index >= 15 is 0 Å². The minimum Gasteiger partial charge on any atom is -0.375 e. The number of methoxy groups -OCH3 is 1. The lowest BCUT2D eigenvalue weighted by Crippen LogP contribution is -2.67. The van der Waals surface area contributed by atoms with E-state index in [4.69, 9.17) is 9.47 Å². The number of hydrogen-bond donors (Lipinski definition) is 1. The number of carbonyl (C=O) groups is 2. The van der Waals surface area contributed by atoms with E-state index < -0.39 is 0 Å². The Morgan fingerprint density at radius 2 is 2.14 bits per heavy atom. The standard InChI is InChI=1S/C15H26N2O4/c1-11(2)14(19)17-9-15(10-17)5-4-12(7-21-15)6-16-13(18)8-20-3/h11-12H,4-10H2,1-3H3,(H,16,18)/t12-/m1/s1. The van der Waals surface area contributed by atoms with Gasteiger partial charge in [-0.1, -0.05) is 13.8 Å². The second kappa shape index (κ2) is 6.75. The van der Waals surface area contributed by atoms with Crippen LogP contribution in [0.3, 0.4) is 0 Å². The summed E-state index contributed by atoms with van der Waals surface area (Å²) in [6, 6.07) is 0. The van der Waals surface area contributed by atoms with Crippen LogP contribution in [-0.4, -0.2) is 62.3 Å². The van der Waals surface area contributed by atoms with Crippen LogP contribution in [-0.2, 0) is 19.1 Å². The van der Waals surface area contributed by atoms with Crippen LogP contribution in [0, 0.1) is 11.8 Å². The Balaban J connectivity index is 1.68. The van der Waals surface area contributed by atoms with Crippen molar-refractivity contribution in [1.82, 2.24) is 10.2 Å². The minimum atomic E-state index is -0.127. The van der Waals surface area contributed by atoms with Gasteiger partial charge in [0.15, 0.2) is 0 Å². The molecule has 6 nitrogen and oxygen atoms in total. The van der Waals surface area contributed by atoms with E-state index in [1.807, 2.05) is 18.7 Å². The molecule has 2 heterocycles. The third-order valence-electron chi connectivity index (χ3n) is 4.26. The monoisotopic (exact) mass is 298 g/mol. The van der Waals surface area contributed by atoms with Gasteiger partial charge in [0, 0.05) is 19.6 Å². The van der Waals surface area contributed by atoms with Crippen LogP contribution in [0.15, 0.2) is 0 Å². The second-order valence-corrected chi connectivity index (χ2v) is 6.48. The van der Waals surface area contributed by atoms with Gasteiger partial charge in [0.05, 0.1) is 19.7 Å². The average molecular weight is 298 g/mol. The van der Waals surface area contributed by atoms with E-state index in [9.17, 15) is 9.59 Å². The lowest BCUT2D eigenvalue weighted by molar-refractivity contribution is -0.190. The first-order chi connectivity index (χ1) is 9.96. The number of hydrogen-bond acceptors (Lipinski definition) is 4. The van der Waals surface area contributed by atoms with Crippen molar-refractivity contribution in [2.24, 2.45) is 11.8 Å². The molecule has 2 aliphatic heterocycles. The Morgan fingerprint density at radius 1 is 1.43 bits per heavy atom. The third kappa shape index (κ3) is 3.95. The largest absolute Gasteiger partial charge is 0.375 e. The molecule has 2 fully saturated rings. The zero-order chi connectivity index (χ0) is 15.5. The van der Waals surface area contributed by atoms with Gasteiger partial charge < -0.3 is 19.7 Å². The summed E-state index contributed by atoms with van der Waals surface area (Å²) in [5.74, 6) is 0.522. The normalized spacial score (nSPS) is 24.0. The van der Waals surface area contributed by atoms with Gasteiger partial charge in [-0.15, -0.1) is 0 Å². The Labute approximate surface area is 126 Å². The van der Waals surface area contributed by atoms with Crippen LogP contribution < -0.4 is 5.32 Å². The highest BCUT2D eigenvalue weighted by Crippen LogP contribution is 2.36. The van der Waals surface area contributed by atoms with Crippen molar-refractivity contribution < 1.29 is 19.1 Å². The molecule has 0 aromatic carbocycles. The van der Waals surface area contributed by atoms with E-state index in [2.05, 4.69) is 5.32 Å². The molecule has 0 unspecified atom stereocenters. The van der Waals surface area contributed by atoms with E-state index in [0.717, 1.165) is 12.8 Å². The fourth-order valence-electron chi connectivity index (χ4n) is 2.94. The highest BCUT2D eigenvalue weighted by atomic mass is 16.5. The zero-order valence-electron chi connectivity index (χ0n) is 13.2. The summed E-state index contributed by atoms with van der Waals surface area (Å²) in [7, 11) is 1.51. The average Bonchev–Trinajstić information content (AvgIpc) is 2.42. The molecule has 0 aromatic rings. The predicted molar refractivity (Wildman–Crippen MR) is 77.7 cm³/mol. The topological polar surface area (TPSA) is 67.9 Å². The molecule has 2 saturated heterocycles. The predicted octanol–water partition coefficient (Wildman–Crippen LogP) is 0.413. The van der Waals surface area contributed by atoms with Gasteiger partial charge in [-0.2, -0.15) is 0 Å². The molecular formula is C15H26N2O4. The van der Waals surface area contributed by atoms with Crippen LogP contribution in [0.25, 0.3) is 0 Å². The Kier molecular flexibility index (Phi) is 5.22. The fourth-order valence-corrected chi connectivity index (χ4v) is 2.94. The van der Waals surface area contributed by atoms with Gasteiger partial charge in [0.2, 0.25) is 11.8 Å². The highest BCUT2D eigenvalue weighted by molar-refractivity contribution is 5.79. The van der Waals surface area contributed by atoms with Crippen molar-refractivity contribution >= 4 is 11.8 Å². The Morgan fingerprint density at radius 3 is 2.67 bits per heavy atom. The molecule has 6 heteroatoms. The molecule has 21 heavy (non-hydrogen) atoms. The molecule has 2 aliphatic rings. The maximum atomic E-state index is 11.9. The molecule has 0 bridgehead atoms. The molecule has 0 aliphatic carbocycles. The SMILES string of the molecule is COCC(=O)NC[C@H]1CCC2(CN(C(=O)C(C)C)C2)OC1. The first-order valence-corrected chi connectivity index (χ1v) is 7.64. The van der Waals surface area contributed by atoms with Crippen molar-refractivity contribution in [3.63, 3.8) is 0 Å². The van der Waals surface area contributed by atoms with E-state index in [0.29, 0.717) is 32.2 Å². The van der Waals surface area contributed by atoms with E-state index in [-0.39, 0.29) is 29.9 Å². The maximum Gasteiger partial charge on any atom is 0.245 e. The van der Waals surface area contributed by atoms with Gasteiger partial charge in [-0.3, -0.25) is 9.59 Å². The van der Waals surface area contributed by atoms with Crippen molar-refractivity contribution in [3.8, 4) is 0 Å². The van der Waals surface area contributed by atoms with Gasteiger partial charge >= 0.3 is 0 Å². The van der Waals surface area contributed by atoms with E-state index in [1.165, 1.54) is 7.11 Å². The highest BCUT2D eigenvalue weighted by Gasteiger charge is 2.48. The molecule has 2 amide bonds. The summed E-state index contributed by atoms with van der Waals surface area (Å²) in [6.45, 7) is 6.66. The quantitative estimate of drug-likeness (QED) is 0.798. The first kappa shape index (κ1) is 16.2. The Hall–Kier alpha value is -1.14. The van der Waals surface area contributed by atoms with Gasteiger partial charge in [-0.05, 0) is 18.8 Å². The summed E-state index contributed by atoms with van der Waals surface area (Å²) in [5, 5.41) is 2.85. The van der Waals surface area contributed by atoms with Gasteiger partial charge in [0.25, 0.3) is 0 Å². The smallest absolute Gasteiger partial charge is 0.245 e. The molecule has 1 atom stereocenters. The first-order valence-electron chi connectivity index (χ1n) is 7.64. The lowest BCUT2D eigenvalue weighted by atomic mass is 9.82.